The van der Waals surface area contributed by atoms with E-state index in [0.717, 1.165) is 22.3 Å². The van der Waals surface area contributed by atoms with Crippen LogP contribution in [0.4, 0.5) is 5.69 Å². The molecule has 28 heavy (non-hydrogen) atoms. The molecule has 4 aromatic rings. The third-order valence-electron chi connectivity index (χ3n) is 5.00. The largest absolute Gasteiger partial charge is 0.397 e. The van der Waals surface area contributed by atoms with Crippen molar-refractivity contribution in [3.05, 3.63) is 87.8 Å². The van der Waals surface area contributed by atoms with Crippen LogP contribution in [0.25, 0.3) is 27.6 Å². The highest BCUT2D eigenvalue weighted by Gasteiger charge is 2.20. The van der Waals surface area contributed by atoms with E-state index in [4.69, 9.17) is 5.73 Å². The van der Waals surface area contributed by atoms with Crippen molar-refractivity contribution >= 4 is 16.5 Å². The molecule has 0 radical (unpaired) electrons. The summed E-state index contributed by atoms with van der Waals surface area (Å²) >= 11 is 0. The third-order valence-corrected chi connectivity index (χ3v) is 5.00. The van der Waals surface area contributed by atoms with E-state index in [9.17, 15) is 10.1 Å². The number of nitrogen functional groups attached to an aromatic ring is 1. The molecule has 0 aliphatic carbocycles. The number of aromatic nitrogens is 2. The van der Waals surface area contributed by atoms with Crippen LogP contribution >= 0.6 is 0 Å². The van der Waals surface area contributed by atoms with E-state index >= 15 is 0 Å². The van der Waals surface area contributed by atoms with Crippen LogP contribution in [0.1, 0.15) is 16.7 Å². The van der Waals surface area contributed by atoms with E-state index in [2.05, 4.69) is 11.2 Å². The molecule has 0 atom stereocenters. The first-order valence-corrected chi connectivity index (χ1v) is 8.89. The first kappa shape index (κ1) is 17.5. The predicted octanol–water partition coefficient (Wildman–Crippen LogP) is 4.12. The van der Waals surface area contributed by atoms with Crippen molar-refractivity contribution in [1.29, 1.82) is 5.26 Å². The van der Waals surface area contributed by atoms with Crippen LogP contribution < -0.4 is 11.3 Å². The SMILES string of the molecule is Cc1ccc(-n2ncc3c(C)c(-c4ccccc4)c(C#N)c(N)c3c2=O)cc1. The number of aryl methyl sites for hydroxylation is 2. The number of fused-ring (bicyclic) bond motifs is 1. The van der Waals surface area contributed by atoms with Gasteiger partial charge in [0, 0.05) is 10.9 Å². The van der Waals surface area contributed by atoms with Crippen LogP contribution in [0, 0.1) is 25.2 Å². The van der Waals surface area contributed by atoms with Gasteiger partial charge in [-0.15, -0.1) is 0 Å². The summed E-state index contributed by atoms with van der Waals surface area (Å²) in [4.78, 5) is 13.2. The molecule has 2 N–H and O–H groups in total. The summed E-state index contributed by atoms with van der Waals surface area (Å²) in [5, 5.41) is 15.1. The normalized spacial score (nSPS) is 10.8. The zero-order valence-corrected chi connectivity index (χ0v) is 15.6. The van der Waals surface area contributed by atoms with Gasteiger partial charge in [0.1, 0.15) is 6.07 Å². The van der Waals surface area contributed by atoms with Gasteiger partial charge in [0.05, 0.1) is 28.5 Å². The lowest BCUT2D eigenvalue weighted by atomic mass is 9.90. The van der Waals surface area contributed by atoms with Gasteiger partial charge >= 0.3 is 0 Å². The van der Waals surface area contributed by atoms with Gasteiger partial charge in [-0.3, -0.25) is 4.79 Å². The van der Waals surface area contributed by atoms with Crippen molar-refractivity contribution in [3.8, 4) is 22.9 Å². The van der Waals surface area contributed by atoms with Gasteiger partial charge in [0.15, 0.2) is 0 Å². The fourth-order valence-corrected chi connectivity index (χ4v) is 3.53. The molecule has 5 nitrogen and oxygen atoms in total. The molecule has 4 rings (SSSR count). The Balaban J connectivity index is 2.08. The summed E-state index contributed by atoms with van der Waals surface area (Å²) in [5.74, 6) is 0. The highest BCUT2D eigenvalue weighted by atomic mass is 16.1. The fourth-order valence-electron chi connectivity index (χ4n) is 3.53. The summed E-state index contributed by atoms with van der Waals surface area (Å²) in [5.41, 5.74) is 10.7. The van der Waals surface area contributed by atoms with Gasteiger partial charge in [-0.25, -0.2) is 0 Å². The Labute approximate surface area is 162 Å². The lowest BCUT2D eigenvalue weighted by Crippen LogP contribution is -2.22. The number of rotatable bonds is 2. The number of nitrogens with zero attached hydrogens (tertiary/aromatic N) is 3. The van der Waals surface area contributed by atoms with Crippen molar-refractivity contribution in [2.75, 3.05) is 5.73 Å². The molecule has 0 aliphatic rings. The Kier molecular flexibility index (Phi) is 4.17. The smallest absolute Gasteiger partial charge is 0.281 e. The summed E-state index contributed by atoms with van der Waals surface area (Å²) in [6, 6.07) is 19.3. The second-order valence-electron chi connectivity index (χ2n) is 6.75. The zero-order valence-electron chi connectivity index (χ0n) is 15.6. The second kappa shape index (κ2) is 6.67. The van der Waals surface area contributed by atoms with Gasteiger partial charge in [-0.2, -0.15) is 15.0 Å². The van der Waals surface area contributed by atoms with Crippen LogP contribution in [0.5, 0.6) is 0 Å². The van der Waals surface area contributed by atoms with Crippen molar-refractivity contribution in [2.24, 2.45) is 0 Å². The van der Waals surface area contributed by atoms with Gasteiger partial charge in [0.2, 0.25) is 0 Å². The molecule has 1 aromatic heterocycles. The van der Waals surface area contributed by atoms with Gasteiger partial charge in [-0.05, 0) is 37.1 Å². The summed E-state index contributed by atoms with van der Waals surface area (Å²) in [7, 11) is 0. The first-order chi connectivity index (χ1) is 13.5. The fraction of sp³-hybridized carbons (Fsp3) is 0.0870. The van der Waals surface area contributed by atoms with Gasteiger partial charge in [-0.1, -0.05) is 48.0 Å². The lowest BCUT2D eigenvalue weighted by molar-refractivity contribution is 0.820. The van der Waals surface area contributed by atoms with Crippen LogP contribution in [0.3, 0.4) is 0 Å². The molecule has 3 aromatic carbocycles. The summed E-state index contributed by atoms with van der Waals surface area (Å²) in [6.07, 6.45) is 1.65. The first-order valence-electron chi connectivity index (χ1n) is 8.89. The van der Waals surface area contributed by atoms with Crippen LogP contribution in [-0.4, -0.2) is 9.78 Å². The third kappa shape index (κ3) is 2.63. The van der Waals surface area contributed by atoms with E-state index in [1.54, 1.807) is 6.20 Å². The minimum absolute atomic E-state index is 0.190. The van der Waals surface area contributed by atoms with Gasteiger partial charge < -0.3 is 5.73 Å². The highest BCUT2D eigenvalue weighted by molar-refractivity contribution is 6.02. The Morgan fingerprint density at radius 2 is 1.71 bits per heavy atom. The standard InChI is InChI=1S/C23H18N4O/c1-14-8-10-17(11-9-14)27-23(28)21-19(13-26-27)15(2)20(18(12-24)22(21)25)16-6-4-3-5-7-16/h3-11,13H,25H2,1-2H3. The molecule has 0 saturated heterocycles. The molecule has 0 unspecified atom stereocenters. The average Bonchev–Trinajstić information content (AvgIpc) is 2.71. The number of hydrogen-bond donors (Lipinski definition) is 1. The van der Waals surface area contributed by atoms with E-state index in [1.807, 2.05) is 68.4 Å². The monoisotopic (exact) mass is 366 g/mol. The number of hydrogen-bond acceptors (Lipinski definition) is 4. The second-order valence-corrected chi connectivity index (χ2v) is 6.75. The molecule has 5 heteroatoms. The lowest BCUT2D eigenvalue weighted by Gasteiger charge is -2.16. The number of anilines is 1. The number of benzene rings is 3. The Bertz CT molecular complexity index is 1300. The number of nitriles is 1. The Hall–Kier alpha value is -3.91. The molecule has 1 heterocycles. The topological polar surface area (TPSA) is 84.7 Å². The van der Waals surface area contributed by atoms with E-state index in [-0.39, 0.29) is 11.2 Å². The molecule has 136 valence electrons. The predicted molar refractivity (Wildman–Crippen MR) is 111 cm³/mol. The summed E-state index contributed by atoms with van der Waals surface area (Å²) in [6.45, 7) is 3.87. The number of nitrogens with two attached hydrogens (primary N) is 1. The van der Waals surface area contributed by atoms with Crippen molar-refractivity contribution in [2.45, 2.75) is 13.8 Å². The van der Waals surface area contributed by atoms with Crippen molar-refractivity contribution in [1.82, 2.24) is 9.78 Å². The van der Waals surface area contributed by atoms with E-state index < -0.39 is 0 Å². The van der Waals surface area contributed by atoms with Crippen molar-refractivity contribution < 1.29 is 0 Å². The van der Waals surface area contributed by atoms with Gasteiger partial charge in [0.25, 0.3) is 5.56 Å². The van der Waals surface area contributed by atoms with E-state index in [0.29, 0.717) is 22.0 Å². The quantitative estimate of drug-likeness (QED) is 0.541. The molecule has 0 amide bonds. The van der Waals surface area contributed by atoms with Crippen LogP contribution in [0.15, 0.2) is 65.6 Å². The van der Waals surface area contributed by atoms with Crippen molar-refractivity contribution in [3.63, 3.8) is 0 Å². The average molecular weight is 366 g/mol. The zero-order chi connectivity index (χ0) is 19.8. The molecular weight excluding hydrogens is 348 g/mol. The van der Waals surface area contributed by atoms with E-state index in [1.165, 1.54) is 4.68 Å². The summed E-state index contributed by atoms with van der Waals surface area (Å²) < 4.78 is 1.32. The molecule has 0 saturated carbocycles. The maximum atomic E-state index is 13.2. The molecule has 0 spiro atoms. The molecular formula is C23H18N4O. The minimum atomic E-state index is -0.335. The Morgan fingerprint density at radius 1 is 1.04 bits per heavy atom. The highest BCUT2D eigenvalue weighted by Crippen LogP contribution is 2.36. The molecule has 0 fully saturated rings. The maximum Gasteiger partial charge on any atom is 0.281 e. The molecule has 0 aliphatic heterocycles. The minimum Gasteiger partial charge on any atom is -0.397 e. The Morgan fingerprint density at radius 3 is 2.36 bits per heavy atom. The maximum absolute atomic E-state index is 13.2. The van der Waals surface area contributed by atoms with Crippen LogP contribution in [-0.2, 0) is 0 Å². The van der Waals surface area contributed by atoms with Crippen LogP contribution in [0.2, 0.25) is 0 Å². The molecule has 0 bridgehead atoms.